The molecule has 0 amide bonds. The fourth-order valence-corrected chi connectivity index (χ4v) is 3.18. The van der Waals surface area contributed by atoms with Crippen LogP contribution in [0.4, 0.5) is 5.82 Å². The number of hydrogen-bond acceptors (Lipinski definition) is 6. The van der Waals surface area contributed by atoms with Crippen LogP contribution in [0.3, 0.4) is 0 Å². The Kier molecular flexibility index (Phi) is 9.23. The SMILES string of the molecule is COCCN1CCCC(CNc2ccc(-c3ccccc3)nn2)C1.O=CO. The van der Waals surface area contributed by atoms with Gasteiger partial charge in [0.1, 0.15) is 5.82 Å². The Hall–Kier alpha value is -2.51. The number of piperidine rings is 1. The van der Waals surface area contributed by atoms with Crippen molar-refractivity contribution in [2.24, 2.45) is 5.92 Å². The molecule has 0 radical (unpaired) electrons. The lowest BCUT2D eigenvalue weighted by atomic mass is 9.98. The summed E-state index contributed by atoms with van der Waals surface area (Å²) in [5.41, 5.74) is 2.00. The zero-order chi connectivity index (χ0) is 19.3. The van der Waals surface area contributed by atoms with Crippen LogP contribution < -0.4 is 5.32 Å². The number of carboxylic acid groups (broad SMARTS) is 1. The van der Waals surface area contributed by atoms with E-state index < -0.39 is 0 Å². The van der Waals surface area contributed by atoms with Crippen LogP contribution in [0.5, 0.6) is 0 Å². The minimum Gasteiger partial charge on any atom is -0.483 e. The summed E-state index contributed by atoms with van der Waals surface area (Å²) in [4.78, 5) is 10.9. The van der Waals surface area contributed by atoms with Gasteiger partial charge in [0.25, 0.3) is 6.47 Å². The van der Waals surface area contributed by atoms with Crippen molar-refractivity contribution in [2.75, 3.05) is 45.2 Å². The van der Waals surface area contributed by atoms with E-state index in [1.165, 1.54) is 19.4 Å². The summed E-state index contributed by atoms with van der Waals surface area (Å²) in [6.07, 6.45) is 2.53. The van der Waals surface area contributed by atoms with E-state index in [9.17, 15) is 0 Å². The van der Waals surface area contributed by atoms with Crippen molar-refractivity contribution in [3.63, 3.8) is 0 Å². The van der Waals surface area contributed by atoms with E-state index in [1.807, 2.05) is 42.5 Å². The monoisotopic (exact) mass is 372 g/mol. The lowest BCUT2D eigenvalue weighted by Gasteiger charge is -2.32. The Labute approximate surface area is 160 Å². The number of likely N-dealkylation sites (tertiary alicyclic amines) is 1. The maximum atomic E-state index is 8.36. The Morgan fingerprint density at radius 1 is 1.26 bits per heavy atom. The molecule has 2 aromatic rings. The van der Waals surface area contributed by atoms with Gasteiger partial charge in [-0.15, -0.1) is 10.2 Å². The number of ether oxygens (including phenoxy) is 1. The van der Waals surface area contributed by atoms with Crippen LogP contribution in [0.1, 0.15) is 12.8 Å². The Morgan fingerprint density at radius 2 is 2.04 bits per heavy atom. The quantitative estimate of drug-likeness (QED) is 0.722. The molecule has 0 spiro atoms. The summed E-state index contributed by atoms with van der Waals surface area (Å²) >= 11 is 0. The third-order valence-corrected chi connectivity index (χ3v) is 4.52. The first-order valence-corrected chi connectivity index (χ1v) is 9.19. The van der Waals surface area contributed by atoms with Crippen molar-refractivity contribution in [3.05, 3.63) is 42.5 Å². The predicted molar refractivity (Wildman–Crippen MR) is 106 cm³/mol. The van der Waals surface area contributed by atoms with Crippen LogP contribution in [-0.2, 0) is 9.53 Å². The van der Waals surface area contributed by atoms with Crippen molar-refractivity contribution in [3.8, 4) is 11.3 Å². The van der Waals surface area contributed by atoms with E-state index in [4.69, 9.17) is 14.6 Å². The third kappa shape index (κ3) is 7.32. The molecule has 1 aromatic heterocycles. The largest absolute Gasteiger partial charge is 0.483 e. The van der Waals surface area contributed by atoms with Gasteiger partial charge in [0.2, 0.25) is 0 Å². The molecule has 3 rings (SSSR count). The second-order valence-electron chi connectivity index (χ2n) is 6.46. The number of nitrogens with one attached hydrogen (secondary N) is 1. The summed E-state index contributed by atoms with van der Waals surface area (Å²) in [7, 11) is 1.76. The van der Waals surface area contributed by atoms with Gasteiger partial charge in [0, 0.05) is 32.3 Å². The number of rotatable bonds is 7. The Balaban J connectivity index is 0.000000817. The molecule has 1 atom stereocenters. The molecule has 27 heavy (non-hydrogen) atoms. The minimum atomic E-state index is -0.250. The first kappa shape index (κ1) is 20.8. The second-order valence-corrected chi connectivity index (χ2v) is 6.46. The molecule has 1 unspecified atom stereocenters. The lowest BCUT2D eigenvalue weighted by Crippen LogP contribution is -2.39. The van der Waals surface area contributed by atoms with E-state index in [1.54, 1.807) is 7.11 Å². The van der Waals surface area contributed by atoms with Gasteiger partial charge in [-0.05, 0) is 37.4 Å². The van der Waals surface area contributed by atoms with Crippen LogP contribution in [0.15, 0.2) is 42.5 Å². The zero-order valence-corrected chi connectivity index (χ0v) is 15.8. The van der Waals surface area contributed by atoms with Crippen molar-refractivity contribution in [2.45, 2.75) is 12.8 Å². The maximum absolute atomic E-state index is 8.36. The van der Waals surface area contributed by atoms with Crippen LogP contribution >= 0.6 is 0 Å². The molecule has 7 nitrogen and oxygen atoms in total. The number of anilines is 1. The zero-order valence-electron chi connectivity index (χ0n) is 15.8. The Morgan fingerprint density at radius 3 is 2.70 bits per heavy atom. The molecule has 0 saturated carbocycles. The average Bonchev–Trinajstić information content (AvgIpc) is 2.73. The minimum absolute atomic E-state index is 0.250. The van der Waals surface area contributed by atoms with Gasteiger partial charge in [0.05, 0.1) is 12.3 Å². The molecule has 2 heterocycles. The first-order valence-electron chi connectivity index (χ1n) is 9.19. The Bertz CT molecular complexity index is 652. The highest BCUT2D eigenvalue weighted by atomic mass is 16.5. The maximum Gasteiger partial charge on any atom is 0.290 e. The summed E-state index contributed by atoms with van der Waals surface area (Å²) in [6.45, 7) is 4.85. The van der Waals surface area contributed by atoms with Crippen LogP contribution in [0.25, 0.3) is 11.3 Å². The number of benzene rings is 1. The highest BCUT2D eigenvalue weighted by Crippen LogP contribution is 2.18. The molecule has 1 aromatic carbocycles. The van der Waals surface area contributed by atoms with Crippen molar-refractivity contribution >= 4 is 12.3 Å². The van der Waals surface area contributed by atoms with Gasteiger partial charge in [-0.25, -0.2) is 0 Å². The van der Waals surface area contributed by atoms with E-state index in [0.717, 1.165) is 43.3 Å². The van der Waals surface area contributed by atoms with E-state index in [-0.39, 0.29) is 6.47 Å². The van der Waals surface area contributed by atoms with E-state index in [2.05, 4.69) is 20.4 Å². The van der Waals surface area contributed by atoms with Crippen molar-refractivity contribution in [1.82, 2.24) is 15.1 Å². The third-order valence-electron chi connectivity index (χ3n) is 4.52. The molecule has 0 bridgehead atoms. The number of methoxy groups -OCH3 is 1. The summed E-state index contributed by atoms with van der Waals surface area (Å²) in [5, 5.41) is 19.0. The summed E-state index contributed by atoms with van der Waals surface area (Å²) in [5.74, 6) is 1.51. The van der Waals surface area contributed by atoms with Gasteiger partial charge in [0.15, 0.2) is 0 Å². The molecule has 7 heteroatoms. The second kappa shape index (κ2) is 12.0. The summed E-state index contributed by atoms with van der Waals surface area (Å²) < 4.78 is 5.18. The van der Waals surface area contributed by atoms with Gasteiger partial charge in [-0.1, -0.05) is 30.3 Å². The van der Waals surface area contributed by atoms with Crippen molar-refractivity contribution in [1.29, 1.82) is 0 Å². The molecule has 0 aliphatic carbocycles. The molecule has 1 aliphatic heterocycles. The normalized spacial score (nSPS) is 16.9. The number of aromatic nitrogens is 2. The molecule has 2 N–H and O–H groups in total. The number of nitrogens with zero attached hydrogens (tertiary/aromatic N) is 3. The topological polar surface area (TPSA) is 87.6 Å². The van der Waals surface area contributed by atoms with Gasteiger partial charge < -0.3 is 20.1 Å². The molecule has 1 fully saturated rings. The molecule has 1 aliphatic rings. The fourth-order valence-electron chi connectivity index (χ4n) is 3.18. The number of carbonyl (C=O) groups is 1. The van der Waals surface area contributed by atoms with E-state index in [0.29, 0.717) is 5.92 Å². The van der Waals surface area contributed by atoms with Crippen LogP contribution in [0, 0.1) is 5.92 Å². The predicted octanol–water partition coefficient (Wildman–Crippen LogP) is 2.61. The molecule has 146 valence electrons. The van der Waals surface area contributed by atoms with E-state index >= 15 is 0 Å². The van der Waals surface area contributed by atoms with Gasteiger partial charge in [-0.2, -0.15) is 0 Å². The fraction of sp³-hybridized carbons (Fsp3) is 0.450. The van der Waals surface area contributed by atoms with Crippen LogP contribution in [-0.4, -0.2) is 66.6 Å². The van der Waals surface area contributed by atoms with Gasteiger partial charge >= 0.3 is 0 Å². The first-order chi connectivity index (χ1) is 13.3. The smallest absolute Gasteiger partial charge is 0.290 e. The number of hydrogen-bond donors (Lipinski definition) is 2. The summed E-state index contributed by atoms with van der Waals surface area (Å²) in [6, 6.07) is 14.2. The average molecular weight is 372 g/mol. The van der Waals surface area contributed by atoms with Crippen molar-refractivity contribution < 1.29 is 14.6 Å². The molecule has 1 saturated heterocycles. The standard InChI is InChI=1S/C19H26N4O.CH2O2/c1-24-13-12-23-11-5-6-16(15-23)14-20-19-10-9-18(21-22-19)17-7-3-2-4-8-17;2-1-3/h2-4,7-10,16H,5-6,11-15H2,1H3,(H,20,22);1H,(H,2,3). The van der Waals surface area contributed by atoms with Crippen LogP contribution in [0.2, 0.25) is 0 Å². The highest BCUT2D eigenvalue weighted by molar-refractivity contribution is 5.59. The highest BCUT2D eigenvalue weighted by Gasteiger charge is 2.19. The molecular weight excluding hydrogens is 344 g/mol. The lowest BCUT2D eigenvalue weighted by molar-refractivity contribution is -0.122. The van der Waals surface area contributed by atoms with Gasteiger partial charge in [-0.3, -0.25) is 4.79 Å². The molecular formula is C20H28N4O3.